The van der Waals surface area contributed by atoms with Crippen LogP contribution in [0, 0.1) is 17.3 Å². The SMILES string of the molecule is CC(C)(C)OC(=O)N1CCC2(CCC(CN3CCN(C(=O)C4CCCCC4)CC3)CC2)CC1. The zero-order valence-corrected chi connectivity index (χ0v) is 21.4. The Kier molecular flexibility index (Phi) is 7.92. The summed E-state index contributed by atoms with van der Waals surface area (Å²) in [5, 5.41) is 0. The van der Waals surface area contributed by atoms with E-state index in [0.717, 1.165) is 70.9 Å². The Labute approximate surface area is 201 Å². The predicted octanol–water partition coefficient (Wildman–Crippen LogP) is 4.92. The van der Waals surface area contributed by atoms with Crippen molar-refractivity contribution in [1.82, 2.24) is 14.7 Å². The second-order valence-corrected chi connectivity index (χ2v) is 12.4. The number of rotatable bonds is 3. The summed E-state index contributed by atoms with van der Waals surface area (Å²) in [6.45, 7) is 12.6. The van der Waals surface area contributed by atoms with E-state index in [1.165, 1.54) is 51.5 Å². The van der Waals surface area contributed by atoms with Crippen molar-refractivity contribution in [2.45, 2.75) is 97.0 Å². The minimum atomic E-state index is -0.418. The molecule has 0 unspecified atom stereocenters. The first-order valence-corrected chi connectivity index (χ1v) is 13.7. The summed E-state index contributed by atoms with van der Waals surface area (Å²) in [7, 11) is 0. The van der Waals surface area contributed by atoms with Crippen LogP contribution in [0.1, 0.15) is 91.4 Å². The maximum absolute atomic E-state index is 12.8. The topological polar surface area (TPSA) is 53.1 Å². The lowest BCUT2D eigenvalue weighted by Crippen LogP contribution is -2.52. The molecule has 4 rings (SSSR count). The highest BCUT2D eigenvalue weighted by molar-refractivity contribution is 5.79. The van der Waals surface area contributed by atoms with Crippen LogP contribution in [0.3, 0.4) is 0 Å². The van der Waals surface area contributed by atoms with E-state index in [4.69, 9.17) is 4.74 Å². The molecular weight excluding hydrogens is 414 g/mol. The molecule has 4 aliphatic rings. The first kappa shape index (κ1) is 24.8. The number of carbonyl (C=O) groups is 2. The third-order valence-electron chi connectivity index (χ3n) is 8.80. The Morgan fingerprint density at radius 3 is 1.97 bits per heavy atom. The lowest BCUT2D eigenvalue weighted by molar-refractivity contribution is -0.138. The largest absolute Gasteiger partial charge is 0.444 e. The summed E-state index contributed by atoms with van der Waals surface area (Å²) in [6.07, 6.45) is 13.3. The molecule has 2 saturated heterocycles. The van der Waals surface area contributed by atoms with Gasteiger partial charge in [0.15, 0.2) is 0 Å². The zero-order valence-electron chi connectivity index (χ0n) is 21.4. The monoisotopic (exact) mass is 461 g/mol. The third kappa shape index (κ3) is 6.64. The molecule has 33 heavy (non-hydrogen) atoms. The van der Waals surface area contributed by atoms with Crippen molar-refractivity contribution < 1.29 is 14.3 Å². The highest BCUT2D eigenvalue weighted by Gasteiger charge is 2.40. The maximum atomic E-state index is 12.8. The van der Waals surface area contributed by atoms with Gasteiger partial charge in [-0.05, 0) is 83.5 Å². The van der Waals surface area contributed by atoms with Crippen LogP contribution in [0.4, 0.5) is 4.79 Å². The van der Waals surface area contributed by atoms with Crippen molar-refractivity contribution in [1.29, 1.82) is 0 Å². The number of hydrogen-bond acceptors (Lipinski definition) is 4. The molecule has 0 aromatic heterocycles. The fraction of sp³-hybridized carbons (Fsp3) is 0.926. The highest BCUT2D eigenvalue weighted by Crippen LogP contribution is 2.46. The first-order valence-electron chi connectivity index (χ1n) is 13.7. The second kappa shape index (κ2) is 10.5. The molecule has 0 N–H and O–H groups in total. The Hall–Kier alpha value is -1.30. The summed E-state index contributed by atoms with van der Waals surface area (Å²) in [5.74, 6) is 1.54. The Bertz CT molecular complexity index is 657. The molecule has 2 heterocycles. The molecule has 2 saturated carbocycles. The van der Waals surface area contributed by atoms with Crippen molar-refractivity contribution in [2.75, 3.05) is 45.8 Å². The van der Waals surface area contributed by atoms with E-state index in [9.17, 15) is 9.59 Å². The van der Waals surface area contributed by atoms with E-state index in [-0.39, 0.29) is 6.09 Å². The van der Waals surface area contributed by atoms with Crippen molar-refractivity contribution in [3.05, 3.63) is 0 Å². The summed E-state index contributed by atoms with van der Waals surface area (Å²) in [4.78, 5) is 31.9. The van der Waals surface area contributed by atoms with Crippen LogP contribution in [0.5, 0.6) is 0 Å². The van der Waals surface area contributed by atoms with Gasteiger partial charge in [-0.3, -0.25) is 9.69 Å². The number of amides is 2. The highest BCUT2D eigenvalue weighted by atomic mass is 16.6. The van der Waals surface area contributed by atoms with E-state index >= 15 is 0 Å². The molecule has 0 atom stereocenters. The standard InChI is InChI=1S/C27H47N3O3/c1-26(2,3)33-25(32)30-15-13-27(14-16-30)11-9-22(10-12-27)21-28-17-19-29(20-18-28)24(31)23-7-5-4-6-8-23/h22-23H,4-21H2,1-3H3. The van der Waals surface area contributed by atoms with Crippen molar-refractivity contribution in [3.63, 3.8) is 0 Å². The molecule has 188 valence electrons. The lowest BCUT2D eigenvalue weighted by Gasteiger charge is -2.47. The quantitative estimate of drug-likeness (QED) is 0.599. The smallest absolute Gasteiger partial charge is 0.410 e. The summed E-state index contributed by atoms with van der Waals surface area (Å²) in [6, 6.07) is 0. The number of carbonyl (C=O) groups excluding carboxylic acids is 2. The minimum absolute atomic E-state index is 0.146. The van der Waals surface area contributed by atoms with Gasteiger partial charge in [-0.1, -0.05) is 19.3 Å². The normalized spacial score (nSPS) is 25.9. The van der Waals surface area contributed by atoms with Gasteiger partial charge < -0.3 is 14.5 Å². The van der Waals surface area contributed by atoms with E-state index in [1.807, 2.05) is 25.7 Å². The predicted molar refractivity (Wildman–Crippen MR) is 131 cm³/mol. The number of hydrogen-bond donors (Lipinski definition) is 0. The van der Waals surface area contributed by atoms with Gasteiger partial charge in [0.05, 0.1) is 0 Å². The molecule has 0 bridgehead atoms. The maximum Gasteiger partial charge on any atom is 0.410 e. The van der Waals surface area contributed by atoms with Gasteiger partial charge in [-0.15, -0.1) is 0 Å². The van der Waals surface area contributed by atoms with Gasteiger partial charge in [-0.2, -0.15) is 0 Å². The Balaban J connectivity index is 1.15. The molecule has 0 aromatic carbocycles. The van der Waals surface area contributed by atoms with Crippen molar-refractivity contribution in [2.24, 2.45) is 17.3 Å². The number of piperidine rings is 1. The van der Waals surface area contributed by atoms with Crippen molar-refractivity contribution in [3.8, 4) is 0 Å². The van der Waals surface area contributed by atoms with Crippen LogP contribution in [-0.4, -0.2) is 78.1 Å². The molecule has 0 radical (unpaired) electrons. The van der Waals surface area contributed by atoms with E-state index < -0.39 is 5.60 Å². The molecule has 0 aromatic rings. The van der Waals surface area contributed by atoms with Gasteiger partial charge in [-0.25, -0.2) is 4.79 Å². The van der Waals surface area contributed by atoms with E-state index in [1.54, 1.807) is 0 Å². The average Bonchev–Trinajstić information content (AvgIpc) is 2.81. The molecule has 2 amide bonds. The third-order valence-corrected chi connectivity index (χ3v) is 8.80. The minimum Gasteiger partial charge on any atom is -0.444 e. The van der Waals surface area contributed by atoms with Crippen LogP contribution in [0.2, 0.25) is 0 Å². The lowest BCUT2D eigenvalue weighted by atomic mass is 9.65. The second-order valence-electron chi connectivity index (χ2n) is 12.4. The molecule has 1 spiro atoms. The van der Waals surface area contributed by atoms with Crippen LogP contribution < -0.4 is 0 Å². The first-order chi connectivity index (χ1) is 15.7. The Morgan fingerprint density at radius 1 is 0.788 bits per heavy atom. The van der Waals surface area contributed by atoms with E-state index in [2.05, 4.69) is 9.80 Å². The van der Waals surface area contributed by atoms with Crippen LogP contribution >= 0.6 is 0 Å². The number of likely N-dealkylation sites (tertiary alicyclic amines) is 1. The number of nitrogens with zero attached hydrogens (tertiary/aromatic N) is 3. The van der Waals surface area contributed by atoms with E-state index in [0.29, 0.717) is 17.2 Å². The molecule has 6 heteroatoms. The van der Waals surface area contributed by atoms with Gasteiger partial charge in [0.25, 0.3) is 0 Å². The molecular formula is C27H47N3O3. The van der Waals surface area contributed by atoms with Gasteiger partial charge >= 0.3 is 6.09 Å². The molecule has 2 aliphatic carbocycles. The molecule has 4 fully saturated rings. The van der Waals surface area contributed by atoms with Crippen molar-refractivity contribution >= 4 is 12.0 Å². The fourth-order valence-corrected chi connectivity index (χ4v) is 6.59. The van der Waals surface area contributed by atoms with Crippen LogP contribution in [0.25, 0.3) is 0 Å². The zero-order chi connectivity index (χ0) is 23.5. The summed E-state index contributed by atoms with van der Waals surface area (Å²) >= 11 is 0. The number of piperazine rings is 1. The average molecular weight is 462 g/mol. The molecule has 6 nitrogen and oxygen atoms in total. The van der Waals surface area contributed by atoms with Crippen LogP contribution in [0.15, 0.2) is 0 Å². The summed E-state index contributed by atoms with van der Waals surface area (Å²) in [5.41, 5.74) is 0.0268. The van der Waals surface area contributed by atoms with Crippen LogP contribution in [-0.2, 0) is 9.53 Å². The fourth-order valence-electron chi connectivity index (χ4n) is 6.59. The molecule has 2 aliphatic heterocycles. The number of ether oxygens (including phenoxy) is 1. The van der Waals surface area contributed by atoms with Gasteiger partial charge in [0.2, 0.25) is 5.91 Å². The Morgan fingerprint density at radius 2 is 1.39 bits per heavy atom. The van der Waals surface area contributed by atoms with Gasteiger partial charge in [0, 0.05) is 51.7 Å². The van der Waals surface area contributed by atoms with Gasteiger partial charge in [0.1, 0.15) is 5.60 Å². The summed E-state index contributed by atoms with van der Waals surface area (Å²) < 4.78 is 5.57.